The van der Waals surface area contributed by atoms with Crippen LogP contribution in [0.3, 0.4) is 0 Å². The van der Waals surface area contributed by atoms with E-state index in [1.807, 2.05) is 31.2 Å². The third-order valence-corrected chi connectivity index (χ3v) is 4.14. The topological polar surface area (TPSA) is 50.8 Å². The van der Waals surface area contributed by atoms with Crippen LogP contribution in [0.15, 0.2) is 24.3 Å². The van der Waals surface area contributed by atoms with Crippen molar-refractivity contribution < 1.29 is 14.3 Å². The smallest absolute Gasteiger partial charge is 0.237 e. The first kappa shape index (κ1) is 14.2. The lowest BCUT2D eigenvalue weighted by Crippen LogP contribution is -2.48. The van der Waals surface area contributed by atoms with Crippen LogP contribution in [-0.2, 0) is 4.79 Å². The van der Waals surface area contributed by atoms with Crippen LogP contribution in [0, 0.1) is 0 Å². The molecule has 0 spiro atoms. The third-order valence-electron chi connectivity index (χ3n) is 4.14. The van der Waals surface area contributed by atoms with Crippen LogP contribution in [0.4, 0.5) is 0 Å². The van der Waals surface area contributed by atoms with Crippen LogP contribution in [0.25, 0.3) is 0 Å². The van der Waals surface area contributed by atoms with E-state index < -0.39 is 0 Å². The molecule has 5 heteroatoms. The van der Waals surface area contributed by atoms with Gasteiger partial charge in [-0.15, -0.1) is 0 Å². The molecule has 3 rings (SSSR count). The van der Waals surface area contributed by atoms with E-state index in [2.05, 4.69) is 10.2 Å². The van der Waals surface area contributed by atoms with E-state index in [0.29, 0.717) is 13.2 Å². The Bertz CT molecular complexity index is 500. The monoisotopic (exact) mass is 290 g/mol. The van der Waals surface area contributed by atoms with E-state index in [4.69, 9.17) is 9.47 Å². The van der Waals surface area contributed by atoms with E-state index in [-0.39, 0.29) is 18.1 Å². The number of benzene rings is 1. The van der Waals surface area contributed by atoms with Crippen molar-refractivity contribution in [1.82, 2.24) is 10.2 Å². The molecule has 1 fully saturated rings. The summed E-state index contributed by atoms with van der Waals surface area (Å²) in [7, 11) is 0. The third kappa shape index (κ3) is 3.29. The molecular formula is C16H22N2O3. The largest absolute Gasteiger partial charge is 0.486 e. The van der Waals surface area contributed by atoms with Gasteiger partial charge in [0.05, 0.1) is 12.6 Å². The van der Waals surface area contributed by atoms with Gasteiger partial charge in [-0.3, -0.25) is 9.69 Å². The molecule has 2 heterocycles. The van der Waals surface area contributed by atoms with E-state index in [0.717, 1.165) is 24.6 Å². The normalized spacial score (nSPS) is 22.8. The average Bonchev–Trinajstić information content (AvgIpc) is 3.06. The summed E-state index contributed by atoms with van der Waals surface area (Å²) in [5, 5.41) is 2.97. The first-order chi connectivity index (χ1) is 10.2. The summed E-state index contributed by atoms with van der Waals surface area (Å²) in [6, 6.07) is 7.54. The zero-order chi connectivity index (χ0) is 14.7. The number of carbonyl (C=O) groups is 1. The summed E-state index contributed by atoms with van der Waals surface area (Å²) < 4.78 is 11.5. The van der Waals surface area contributed by atoms with Crippen molar-refractivity contribution in [2.45, 2.75) is 31.9 Å². The first-order valence-electron chi connectivity index (χ1n) is 7.64. The van der Waals surface area contributed by atoms with Gasteiger partial charge in [0.1, 0.15) is 12.7 Å². The molecule has 1 saturated heterocycles. The number of hydrogen-bond donors (Lipinski definition) is 1. The molecule has 0 saturated carbocycles. The maximum atomic E-state index is 12.2. The number of ether oxygens (including phenoxy) is 2. The lowest BCUT2D eigenvalue weighted by Gasteiger charge is -2.28. The summed E-state index contributed by atoms with van der Waals surface area (Å²) >= 11 is 0. The van der Waals surface area contributed by atoms with Gasteiger partial charge in [0.25, 0.3) is 0 Å². The minimum atomic E-state index is -0.130. The molecule has 1 N–H and O–H groups in total. The predicted octanol–water partition coefficient (Wildman–Crippen LogP) is 1.43. The highest BCUT2D eigenvalue weighted by Crippen LogP contribution is 2.30. The molecule has 2 atom stereocenters. The van der Waals surface area contributed by atoms with Crippen LogP contribution in [0.5, 0.6) is 11.5 Å². The molecule has 0 unspecified atom stereocenters. The quantitative estimate of drug-likeness (QED) is 0.911. The van der Waals surface area contributed by atoms with Crippen molar-refractivity contribution in [3.8, 4) is 11.5 Å². The lowest BCUT2D eigenvalue weighted by molar-refractivity contribution is -0.126. The van der Waals surface area contributed by atoms with E-state index in [1.54, 1.807) is 0 Å². The number of likely N-dealkylation sites (tertiary alicyclic amines) is 1. The van der Waals surface area contributed by atoms with Gasteiger partial charge in [0, 0.05) is 0 Å². The van der Waals surface area contributed by atoms with Crippen LogP contribution in [-0.4, -0.2) is 49.2 Å². The summed E-state index contributed by atoms with van der Waals surface area (Å²) in [6.07, 6.45) is 2.25. The molecule has 0 aliphatic carbocycles. The fourth-order valence-corrected chi connectivity index (χ4v) is 2.82. The molecule has 0 aromatic heterocycles. The van der Waals surface area contributed by atoms with Crippen molar-refractivity contribution in [2.24, 2.45) is 0 Å². The first-order valence-corrected chi connectivity index (χ1v) is 7.64. The Morgan fingerprint density at radius 1 is 1.33 bits per heavy atom. The second kappa shape index (κ2) is 6.35. The summed E-state index contributed by atoms with van der Waals surface area (Å²) in [5.74, 6) is 1.58. The van der Waals surface area contributed by atoms with Gasteiger partial charge < -0.3 is 14.8 Å². The zero-order valence-electron chi connectivity index (χ0n) is 12.4. The Balaban J connectivity index is 1.48. The molecule has 5 nitrogen and oxygen atoms in total. The van der Waals surface area contributed by atoms with Crippen molar-refractivity contribution in [3.05, 3.63) is 24.3 Å². The molecule has 2 aliphatic rings. The standard InChI is InChI=1S/C16H22N2O3/c1-12(18-8-4-5-9-18)16(19)17-10-13-11-20-14-6-2-3-7-15(14)21-13/h2-3,6-7,12-13H,4-5,8-11H2,1H3,(H,17,19)/t12-,13-/m1/s1. The van der Waals surface area contributed by atoms with E-state index >= 15 is 0 Å². The molecule has 21 heavy (non-hydrogen) atoms. The van der Waals surface area contributed by atoms with Crippen molar-refractivity contribution in [1.29, 1.82) is 0 Å². The number of para-hydroxylation sites is 2. The predicted molar refractivity (Wildman–Crippen MR) is 79.6 cm³/mol. The Kier molecular flexibility index (Phi) is 4.29. The minimum Gasteiger partial charge on any atom is -0.486 e. The molecule has 0 radical (unpaired) electrons. The molecule has 2 aliphatic heterocycles. The molecule has 114 valence electrons. The molecule has 1 amide bonds. The summed E-state index contributed by atoms with van der Waals surface area (Å²) in [5.41, 5.74) is 0. The zero-order valence-corrected chi connectivity index (χ0v) is 12.4. The number of nitrogens with one attached hydrogen (secondary N) is 1. The molecule has 0 bridgehead atoms. The number of nitrogens with zero attached hydrogens (tertiary/aromatic N) is 1. The van der Waals surface area contributed by atoms with Crippen LogP contribution in [0.1, 0.15) is 19.8 Å². The highest BCUT2D eigenvalue weighted by Gasteiger charge is 2.26. The number of rotatable bonds is 4. The van der Waals surface area contributed by atoms with Gasteiger partial charge in [0.2, 0.25) is 5.91 Å². The van der Waals surface area contributed by atoms with Gasteiger partial charge in [0.15, 0.2) is 11.5 Å². The van der Waals surface area contributed by atoms with Crippen LogP contribution >= 0.6 is 0 Å². The average molecular weight is 290 g/mol. The summed E-state index contributed by atoms with van der Waals surface area (Å²) in [6.45, 7) is 4.95. The minimum absolute atomic E-state index is 0.0655. The molecular weight excluding hydrogens is 268 g/mol. The second-order valence-corrected chi connectivity index (χ2v) is 5.66. The SMILES string of the molecule is C[C@H](C(=O)NC[C@@H]1COc2ccccc2O1)N1CCCC1. The highest BCUT2D eigenvalue weighted by atomic mass is 16.6. The van der Waals surface area contributed by atoms with Gasteiger partial charge >= 0.3 is 0 Å². The van der Waals surface area contributed by atoms with Crippen LogP contribution in [0.2, 0.25) is 0 Å². The van der Waals surface area contributed by atoms with Crippen molar-refractivity contribution in [2.75, 3.05) is 26.2 Å². The van der Waals surface area contributed by atoms with Crippen LogP contribution < -0.4 is 14.8 Å². The fraction of sp³-hybridized carbons (Fsp3) is 0.562. The Hall–Kier alpha value is -1.75. The Morgan fingerprint density at radius 2 is 2.05 bits per heavy atom. The molecule has 1 aromatic rings. The van der Waals surface area contributed by atoms with E-state index in [1.165, 1.54) is 12.8 Å². The summed E-state index contributed by atoms with van der Waals surface area (Å²) in [4.78, 5) is 14.4. The second-order valence-electron chi connectivity index (χ2n) is 5.66. The molecule has 1 aromatic carbocycles. The van der Waals surface area contributed by atoms with Crippen molar-refractivity contribution in [3.63, 3.8) is 0 Å². The fourth-order valence-electron chi connectivity index (χ4n) is 2.82. The lowest BCUT2D eigenvalue weighted by atomic mass is 10.2. The van der Waals surface area contributed by atoms with Gasteiger partial charge in [-0.25, -0.2) is 0 Å². The van der Waals surface area contributed by atoms with Crippen molar-refractivity contribution >= 4 is 5.91 Å². The number of amides is 1. The number of hydrogen-bond acceptors (Lipinski definition) is 4. The number of fused-ring (bicyclic) bond motifs is 1. The van der Waals surface area contributed by atoms with E-state index in [9.17, 15) is 4.79 Å². The van der Waals surface area contributed by atoms with Gasteiger partial charge in [-0.05, 0) is 45.0 Å². The van der Waals surface area contributed by atoms with Gasteiger partial charge in [-0.2, -0.15) is 0 Å². The highest BCUT2D eigenvalue weighted by molar-refractivity contribution is 5.81. The van der Waals surface area contributed by atoms with Gasteiger partial charge in [-0.1, -0.05) is 12.1 Å². The Labute approximate surface area is 125 Å². The maximum Gasteiger partial charge on any atom is 0.237 e. The maximum absolute atomic E-state index is 12.2. The number of carbonyl (C=O) groups excluding carboxylic acids is 1. The Morgan fingerprint density at radius 3 is 2.81 bits per heavy atom.